The van der Waals surface area contributed by atoms with Crippen LogP contribution in [0.4, 0.5) is 8.78 Å². The first-order valence-corrected chi connectivity index (χ1v) is 7.47. The van der Waals surface area contributed by atoms with Crippen LogP contribution in [0, 0.1) is 11.6 Å². The number of allylic oxidation sites excluding steroid dienone is 1. The van der Waals surface area contributed by atoms with Gasteiger partial charge in [0.1, 0.15) is 5.75 Å². The molecule has 4 nitrogen and oxygen atoms in total. The Bertz CT molecular complexity index is 816. The van der Waals surface area contributed by atoms with E-state index >= 15 is 0 Å². The van der Waals surface area contributed by atoms with E-state index in [1.54, 1.807) is 32.3 Å². The molecular weight excluding hydrogens is 328 g/mol. The third-order valence-corrected chi connectivity index (χ3v) is 3.35. The zero-order valence-electron chi connectivity index (χ0n) is 13.8. The third kappa shape index (κ3) is 5.24. The zero-order valence-corrected chi connectivity index (χ0v) is 13.8. The number of carbonyl (C=O) groups excluding carboxylic acids is 2. The number of ketones is 1. The van der Waals surface area contributed by atoms with Crippen molar-refractivity contribution in [1.29, 1.82) is 0 Å². The highest BCUT2D eigenvalue weighted by atomic mass is 19.2. The Morgan fingerprint density at radius 2 is 1.84 bits per heavy atom. The molecule has 0 atom stereocenters. The van der Waals surface area contributed by atoms with Crippen molar-refractivity contribution in [3.63, 3.8) is 0 Å². The lowest BCUT2D eigenvalue weighted by Crippen LogP contribution is -2.27. The van der Waals surface area contributed by atoms with Crippen molar-refractivity contribution in [2.75, 3.05) is 20.7 Å². The molecule has 6 heteroatoms. The van der Waals surface area contributed by atoms with Crippen LogP contribution in [0.1, 0.15) is 15.9 Å². The lowest BCUT2D eigenvalue weighted by Gasteiger charge is -2.11. The lowest BCUT2D eigenvalue weighted by molar-refractivity contribution is -0.130. The summed E-state index contributed by atoms with van der Waals surface area (Å²) in [6.07, 6.45) is 2.66. The molecule has 2 rings (SSSR count). The highest BCUT2D eigenvalue weighted by Crippen LogP contribution is 2.15. The number of benzene rings is 2. The van der Waals surface area contributed by atoms with E-state index in [1.165, 1.54) is 29.2 Å². The van der Waals surface area contributed by atoms with Crippen LogP contribution < -0.4 is 4.74 Å². The maximum Gasteiger partial charge on any atom is 0.259 e. The van der Waals surface area contributed by atoms with Crippen molar-refractivity contribution in [2.24, 2.45) is 0 Å². The highest BCUT2D eigenvalue weighted by Gasteiger charge is 2.08. The number of rotatable bonds is 6. The average molecular weight is 345 g/mol. The number of carbonyl (C=O) groups is 2. The van der Waals surface area contributed by atoms with Crippen LogP contribution >= 0.6 is 0 Å². The molecule has 0 spiro atoms. The molecule has 1 amide bonds. The summed E-state index contributed by atoms with van der Waals surface area (Å²) >= 11 is 0. The first kappa shape index (κ1) is 18.3. The van der Waals surface area contributed by atoms with Gasteiger partial charge in [-0.2, -0.15) is 0 Å². The molecule has 0 aliphatic rings. The summed E-state index contributed by atoms with van der Waals surface area (Å²) in [6, 6.07) is 9.75. The van der Waals surface area contributed by atoms with Gasteiger partial charge in [-0.25, -0.2) is 8.78 Å². The number of amides is 1. The van der Waals surface area contributed by atoms with Gasteiger partial charge in [0.05, 0.1) is 0 Å². The normalized spacial score (nSPS) is 10.7. The Kier molecular flexibility index (Phi) is 6.00. The van der Waals surface area contributed by atoms with E-state index in [1.807, 2.05) is 0 Å². The van der Waals surface area contributed by atoms with E-state index in [0.29, 0.717) is 16.9 Å². The summed E-state index contributed by atoms with van der Waals surface area (Å²) < 4.78 is 31.4. The Morgan fingerprint density at radius 1 is 1.08 bits per heavy atom. The highest BCUT2D eigenvalue weighted by molar-refractivity contribution is 6.07. The van der Waals surface area contributed by atoms with Gasteiger partial charge in [0.2, 0.25) is 0 Å². The Labute approximate surface area is 144 Å². The van der Waals surface area contributed by atoms with Crippen LogP contribution in [0.15, 0.2) is 48.5 Å². The van der Waals surface area contributed by atoms with Crippen molar-refractivity contribution in [2.45, 2.75) is 0 Å². The van der Waals surface area contributed by atoms with Crippen molar-refractivity contribution >= 4 is 17.8 Å². The second-order valence-electron chi connectivity index (χ2n) is 5.48. The van der Waals surface area contributed by atoms with Gasteiger partial charge in [0.25, 0.3) is 5.91 Å². The number of hydrogen-bond acceptors (Lipinski definition) is 3. The van der Waals surface area contributed by atoms with Gasteiger partial charge in [-0.3, -0.25) is 9.59 Å². The second-order valence-corrected chi connectivity index (χ2v) is 5.48. The molecule has 0 unspecified atom stereocenters. The van der Waals surface area contributed by atoms with Crippen molar-refractivity contribution < 1.29 is 23.1 Å². The first-order chi connectivity index (χ1) is 11.9. The van der Waals surface area contributed by atoms with Crippen LogP contribution in [-0.4, -0.2) is 37.3 Å². The second kappa shape index (κ2) is 8.19. The summed E-state index contributed by atoms with van der Waals surface area (Å²) in [4.78, 5) is 25.1. The van der Waals surface area contributed by atoms with Gasteiger partial charge in [-0.15, -0.1) is 0 Å². The molecular formula is C19H17F2NO3. The molecule has 0 N–H and O–H groups in total. The SMILES string of the molecule is CN(C)C(=O)COc1cccc(C(=O)C=Cc2ccc(F)c(F)c2)c1. The molecule has 0 radical (unpaired) electrons. The fraction of sp³-hybridized carbons (Fsp3) is 0.158. The van der Waals surface area contributed by atoms with Crippen LogP contribution in [0.5, 0.6) is 5.75 Å². The maximum atomic E-state index is 13.1. The monoisotopic (exact) mass is 345 g/mol. The van der Waals surface area contributed by atoms with Crippen molar-refractivity contribution in [1.82, 2.24) is 4.90 Å². The van der Waals surface area contributed by atoms with E-state index in [-0.39, 0.29) is 18.3 Å². The minimum Gasteiger partial charge on any atom is -0.484 e. The van der Waals surface area contributed by atoms with Crippen molar-refractivity contribution in [3.8, 4) is 5.75 Å². The summed E-state index contributed by atoms with van der Waals surface area (Å²) in [5.74, 6) is -2.05. The molecule has 0 aromatic heterocycles. The molecule has 25 heavy (non-hydrogen) atoms. The van der Waals surface area contributed by atoms with E-state index in [0.717, 1.165) is 12.1 Å². The summed E-state index contributed by atoms with van der Waals surface area (Å²) in [5.41, 5.74) is 0.727. The fourth-order valence-electron chi connectivity index (χ4n) is 1.90. The molecule has 0 saturated carbocycles. The molecule has 0 aliphatic heterocycles. The van der Waals surface area contributed by atoms with Gasteiger partial charge < -0.3 is 9.64 Å². The van der Waals surface area contributed by atoms with Gasteiger partial charge in [0.15, 0.2) is 24.0 Å². The summed E-state index contributed by atoms with van der Waals surface area (Å²) in [5, 5.41) is 0. The molecule has 0 aliphatic carbocycles. The number of halogens is 2. The average Bonchev–Trinajstić information content (AvgIpc) is 2.60. The third-order valence-electron chi connectivity index (χ3n) is 3.35. The predicted octanol–water partition coefficient (Wildman–Crippen LogP) is 3.33. The van der Waals surface area contributed by atoms with E-state index in [4.69, 9.17) is 4.74 Å². The molecule has 130 valence electrons. The molecule has 0 bridgehead atoms. The minimum atomic E-state index is -0.976. The van der Waals surface area contributed by atoms with Gasteiger partial charge >= 0.3 is 0 Å². The molecule has 0 saturated heterocycles. The summed E-state index contributed by atoms with van der Waals surface area (Å²) in [6.45, 7) is -0.130. The molecule has 2 aromatic carbocycles. The van der Waals surface area contributed by atoms with Crippen LogP contribution in [0.3, 0.4) is 0 Å². The Hall–Kier alpha value is -3.02. The Morgan fingerprint density at radius 3 is 2.52 bits per heavy atom. The first-order valence-electron chi connectivity index (χ1n) is 7.47. The van der Waals surface area contributed by atoms with Gasteiger partial charge in [-0.05, 0) is 35.9 Å². The quantitative estimate of drug-likeness (QED) is 0.596. The minimum absolute atomic E-state index is 0.130. The largest absolute Gasteiger partial charge is 0.484 e. The zero-order chi connectivity index (χ0) is 18.4. The topological polar surface area (TPSA) is 46.6 Å². The number of likely N-dealkylation sites (N-methyl/N-ethyl adjacent to an activating group) is 1. The van der Waals surface area contributed by atoms with Crippen LogP contribution in [0.2, 0.25) is 0 Å². The van der Waals surface area contributed by atoms with Crippen molar-refractivity contribution in [3.05, 3.63) is 71.3 Å². The number of nitrogens with zero attached hydrogens (tertiary/aromatic N) is 1. The smallest absolute Gasteiger partial charge is 0.259 e. The van der Waals surface area contributed by atoms with Gasteiger partial charge in [0, 0.05) is 19.7 Å². The Balaban J connectivity index is 2.06. The predicted molar refractivity (Wildman–Crippen MR) is 90.4 cm³/mol. The number of ether oxygens (including phenoxy) is 1. The van der Waals surface area contributed by atoms with Crippen LogP contribution in [0.25, 0.3) is 6.08 Å². The molecule has 0 heterocycles. The number of hydrogen-bond donors (Lipinski definition) is 0. The lowest BCUT2D eigenvalue weighted by atomic mass is 10.1. The van der Waals surface area contributed by atoms with Gasteiger partial charge in [-0.1, -0.05) is 24.3 Å². The standard InChI is InChI=1S/C19H17F2NO3/c1-22(2)19(24)12-25-15-5-3-4-14(11-15)18(23)9-7-13-6-8-16(20)17(21)10-13/h3-11H,12H2,1-2H3. The molecule has 0 fully saturated rings. The fourth-order valence-corrected chi connectivity index (χ4v) is 1.90. The summed E-state index contributed by atoms with van der Waals surface area (Å²) in [7, 11) is 3.24. The van der Waals surface area contributed by atoms with E-state index < -0.39 is 11.6 Å². The van der Waals surface area contributed by atoms with E-state index in [9.17, 15) is 18.4 Å². The van der Waals surface area contributed by atoms with Crippen LogP contribution in [-0.2, 0) is 4.79 Å². The van der Waals surface area contributed by atoms with E-state index in [2.05, 4.69) is 0 Å². The molecule has 2 aromatic rings. The maximum absolute atomic E-state index is 13.1.